The fourth-order valence-electron chi connectivity index (χ4n) is 1.84. The maximum absolute atomic E-state index is 12.0. The summed E-state index contributed by atoms with van der Waals surface area (Å²) in [5.41, 5.74) is 4.92. The molecule has 0 unspecified atom stereocenters. The highest BCUT2D eigenvalue weighted by Crippen LogP contribution is 2.20. The first-order valence-electron chi connectivity index (χ1n) is 7.19. The number of halogens is 2. The van der Waals surface area contributed by atoms with Crippen molar-refractivity contribution in [2.45, 2.75) is 13.0 Å². The molecule has 0 fully saturated rings. The van der Waals surface area contributed by atoms with E-state index in [2.05, 4.69) is 10.9 Å². The molecule has 2 aromatic rings. The van der Waals surface area contributed by atoms with Gasteiger partial charge in [0.2, 0.25) is 0 Å². The van der Waals surface area contributed by atoms with E-state index >= 15 is 0 Å². The van der Waals surface area contributed by atoms with Gasteiger partial charge in [-0.05, 0) is 37.3 Å². The molecule has 0 saturated carbocycles. The Hall–Kier alpha value is -2.57. The van der Waals surface area contributed by atoms with Gasteiger partial charge in [0.1, 0.15) is 0 Å². The van der Waals surface area contributed by atoms with Crippen LogP contribution in [-0.4, -0.2) is 23.9 Å². The van der Waals surface area contributed by atoms with Crippen LogP contribution in [0.1, 0.15) is 27.6 Å². The van der Waals surface area contributed by atoms with E-state index in [4.69, 9.17) is 27.9 Å². The summed E-state index contributed by atoms with van der Waals surface area (Å²) in [5, 5.41) is 0.540. The summed E-state index contributed by atoms with van der Waals surface area (Å²) in [7, 11) is 0. The molecule has 0 aromatic heterocycles. The summed E-state index contributed by atoms with van der Waals surface area (Å²) in [6, 6.07) is 12.5. The Morgan fingerprint density at radius 1 is 0.920 bits per heavy atom. The lowest BCUT2D eigenvalue weighted by atomic mass is 10.2. The Morgan fingerprint density at radius 2 is 1.52 bits per heavy atom. The molecule has 2 aromatic carbocycles. The average Bonchev–Trinajstić information content (AvgIpc) is 2.59. The summed E-state index contributed by atoms with van der Waals surface area (Å²) < 4.78 is 5.03. The molecule has 1 atom stereocenters. The lowest BCUT2D eigenvalue weighted by Gasteiger charge is -2.14. The van der Waals surface area contributed by atoms with E-state index in [9.17, 15) is 14.4 Å². The van der Waals surface area contributed by atoms with Crippen LogP contribution in [-0.2, 0) is 9.53 Å². The quantitative estimate of drug-likeness (QED) is 0.630. The molecule has 8 heteroatoms. The van der Waals surface area contributed by atoms with E-state index < -0.39 is 23.9 Å². The number of hydrazine groups is 1. The van der Waals surface area contributed by atoms with Gasteiger partial charge in [-0.3, -0.25) is 20.4 Å². The molecule has 0 heterocycles. The van der Waals surface area contributed by atoms with Crippen LogP contribution in [0, 0.1) is 0 Å². The predicted octanol–water partition coefficient (Wildman–Crippen LogP) is 3.00. The minimum atomic E-state index is -1.14. The molecule has 0 bridgehead atoms. The maximum Gasteiger partial charge on any atom is 0.339 e. The van der Waals surface area contributed by atoms with E-state index in [1.807, 2.05) is 0 Å². The van der Waals surface area contributed by atoms with Gasteiger partial charge in [-0.15, -0.1) is 0 Å². The van der Waals surface area contributed by atoms with Gasteiger partial charge in [0, 0.05) is 15.6 Å². The Balaban J connectivity index is 1.89. The van der Waals surface area contributed by atoms with Gasteiger partial charge in [-0.2, -0.15) is 0 Å². The number of nitrogens with one attached hydrogen (secondary N) is 2. The van der Waals surface area contributed by atoms with Crippen molar-refractivity contribution in [3.05, 3.63) is 69.7 Å². The van der Waals surface area contributed by atoms with E-state index in [-0.39, 0.29) is 15.6 Å². The van der Waals surface area contributed by atoms with Gasteiger partial charge in [0.05, 0.1) is 5.56 Å². The van der Waals surface area contributed by atoms with Crippen LogP contribution >= 0.6 is 23.2 Å². The lowest BCUT2D eigenvalue weighted by molar-refractivity contribution is -0.129. The number of amides is 2. The van der Waals surface area contributed by atoms with Crippen LogP contribution in [0.4, 0.5) is 0 Å². The number of hydrogen-bond donors (Lipinski definition) is 2. The van der Waals surface area contributed by atoms with E-state index in [0.717, 1.165) is 0 Å². The first-order valence-corrected chi connectivity index (χ1v) is 7.94. The molecule has 25 heavy (non-hydrogen) atoms. The molecule has 0 aliphatic heterocycles. The zero-order chi connectivity index (χ0) is 18.4. The first-order chi connectivity index (χ1) is 11.9. The van der Waals surface area contributed by atoms with Crippen LogP contribution in [0.25, 0.3) is 0 Å². The van der Waals surface area contributed by atoms with Crippen molar-refractivity contribution in [1.82, 2.24) is 10.9 Å². The molecule has 130 valence electrons. The van der Waals surface area contributed by atoms with Gasteiger partial charge in [0.15, 0.2) is 6.10 Å². The van der Waals surface area contributed by atoms with Gasteiger partial charge < -0.3 is 4.74 Å². The normalized spacial score (nSPS) is 11.3. The second-order valence-corrected chi connectivity index (χ2v) is 5.89. The van der Waals surface area contributed by atoms with Crippen LogP contribution in [0.15, 0.2) is 48.5 Å². The lowest BCUT2D eigenvalue weighted by Crippen LogP contribution is -2.46. The van der Waals surface area contributed by atoms with Gasteiger partial charge in [0.25, 0.3) is 11.8 Å². The third-order valence-electron chi connectivity index (χ3n) is 3.09. The third kappa shape index (κ3) is 5.48. The molecule has 2 N–H and O–H groups in total. The van der Waals surface area contributed by atoms with Crippen molar-refractivity contribution >= 4 is 41.0 Å². The molecule has 0 spiro atoms. The third-order valence-corrected chi connectivity index (χ3v) is 3.52. The fraction of sp³-hybridized carbons (Fsp3) is 0.118. The largest absolute Gasteiger partial charge is 0.449 e. The Kier molecular flexibility index (Phi) is 6.38. The molecule has 0 radical (unpaired) electrons. The zero-order valence-electron chi connectivity index (χ0n) is 13.1. The Bertz CT molecular complexity index is 776. The summed E-state index contributed by atoms with van der Waals surface area (Å²) in [6.45, 7) is 1.37. The second-order valence-electron chi connectivity index (χ2n) is 5.02. The first kappa shape index (κ1) is 18.8. The molecule has 0 aliphatic carbocycles. The summed E-state index contributed by atoms with van der Waals surface area (Å²) in [6.07, 6.45) is -1.14. The van der Waals surface area contributed by atoms with Gasteiger partial charge >= 0.3 is 5.97 Å². The Morgan fingerprint density at radius 3 is 2.12 bits per heavy atom. The molecule has 0 aliphatic rings. The van der Waals surface area contributed by atoms with Crippen LogP contribution in [0.3, 0.4) is 0 Å². The number of carbonyl (C=O) groups excluding carboxylic acids is 3. The Labute approximate surface area is 154 Å². The highest BCUT2D eigenvalue weighted by Gasteiger charge is 2.20. The predicted molar refractivity (Wildman–Crippen MR) is 93.4 cm³/mol. The summed E-state index contributed by atoms with van der Waals surface area (Å²) >= 11 is 11.6. The highest BCUT2D eigenvalue weighted by molar-refractivity contribution is 6.35. The highest BCUT2D eigenvalue weighted by atomic mass is 35.5. The summed E-state index contributed by atoms with van der Waals surface area (Å²) in [5.74, 6) is -1.94. The van der Waals surface area contributed by atoms with Crippen LogP contribution in [0.2, 0.25) is 10.0 Å². The molecular weight excluding hydrogens is 367 g/mol. The van der Waals surface area contributed by atoms with Crippen molar-refractivity contribution in [3.8, 4) is 0 Å². The minimum Gasteiger partial charge on any atom is -0.449 e. The molecular formula is C17H14Cl2N2O4. The van der Waals surface area contributed by atoms with Crippen LogP contribution < -0.4 is 10.9 Å². The van der Waals surface area contributed by atoms with E-state index in [1.54, 1.807) is 30.3 Å². The minimum absolute atomic E-state index is 0.116. The number of benzene rings is 2. The van der Waals surface area contributed by atoms with E-state index in [0.29, 0.717) is 5.56 Å². The molecule has 2 rings (SSSR count). The molecule has 6 nitrogen and oxygen atoms in total. The van der Waals surface area contributed by atoms with E-state index in [1.165, 1.54) is 25.1 Å². The second kappa shape index (κ2) is 8.50. The zero-order valence-corrected chi connectivity index (χ0v) is 14.6. The summed E-state index contributed by atoms with van der Waals surface area (Å²) in [4.78, 5) is 35.8. The van der Waals surface area contributed by atoms with Crippen molar-refractivity contribution in [2.75, 3.05) is 0 Å². The smallest absolute Gasteiger partial charge is 0.339 e. The fourth-order valence-corrected chi connectivity index (χ4v) is 2.36. The van der Waals surface area contributed by atoms with Crippen molar-refractivity contribution in [2.24, 2.45) is 0 Å². The SMILES string of the molecule is C[C@H](OC(=O)c1cc(Cl)cc(Cl)c1)C(=O)NNC(=O)c1ccccc1. The number of carbonyl (C=O) groups is 3. The maximum atomic E-state index is 12.0. The van der Waals surface area contributed by atoms with Gasteiger partial charge in [-0.25, -0.2) is 4.79 Å². The molecule has 2 amide bonds. The standard InChI is InChI=1S/C17H14Cl2N2O4/c1-10(25-17(24)12-7-13(18)9-14(19)8-12)15(22)20-21-16(23)11-5-3-2-4-6-11/h2-10H,1H3,(H,20,22)(H,21,23)/t10-/m0/s1. The number of rotatable bonds is 4. The van der Waals surface area contributed by atoms with Crippen molar-refractivity contribution in [1.29, 1.82) is 0 Å². The van der Waals surface area contributed by atoms with Crippen molar-refractivity contribution in [3.63, 3.8) is 0 Å². The van der Waals surface area contributed by atoms with Crippen LogP contribution in [0.5, 0.6) is 0 Å². The topological polar surface area (TPSA) is 84.5 Å². The molecule has 0 saturated heterocycles. The monoisotopic (exact) mass is 380 g/mol. The van der Waals surface area contributed by atoms with Gasteiger partial charge in [-0.1, -0.05) is 41.4 Å². The van der Waals surface area contributed by atoms with Crippen molar-refractivity contribution < 1.29 is 19.1 Å². The number of hydrogen-bond acceptors (Lipinski definition) is 4. The average molecular weight is 381 g/mol. The number of ether oxygens (including phenoxy) is 1. The number of esters is 1.